The Labute approximate surface area is 203 Å². The van der Waals surface area contributed by atoms with Crippen LogP contribution in [-0.4, -0.2) is 4.40 Å². The van der Waals surface area contributed by atoms with Gasteiger partial charge in [0.1, 0.15) is 11.2 Å². The van der Waals surface area contributed by atoms with E-state index in [0.717, 1.165) is 16.6 Å². The molecule has 0 spiro atoms. The first-order chi connectivity index (χ1) is 17.4. The van der Waals surface area contributed by atoms with Gasteiger partial charge in [0, 0.05) is 58.7 Å². The highest BCUT2D eigenvalue weighted by atomic mass is 32.1. The topological polar surface area (TPSA) is 17.6 Å². The minimum atomic E-state index is 0.930. The zero-order chi connectivity index (χ0) is 22.7. The maximum Gasteiger partial charge on any atom is 0.137 e. The van der Waals surface area contributed by atoms with Crippen molar-refractivity contribution in [3.8, 4) is 0 Å². The van der Waals surface area contributed by atoms with Crippen molar-refractivity contribution in [2.45, 2.75) is 0 Å². The van der Waals surface area contributed by atoms with Gasteiger partial charge >= 0.3 is 0 Å². The monoisotopic (exact) mass is 463 g/mol. The molecule has 0 bridgehead atoms. The predicted octanol–water partition coefficient (Wildman–Crippen LogP) is 9.67. The summed E-state index contributed by atoms with van der Waals surface area (Å²) in [6.07, 6.45) is 2.30. The number of para-hydroxylation sites is 1. The van der Waals surface area contributed by atoms with E-state index in [1.54, 1.807) is 0 Å². The molecule has 0 atom stereocenters. The molecular weight excluding hydrogens is 446 g/mol. The van der Waals surface area contributed by atoms with Gasteiger partial charge in [-0.05, 0) is 30.3 Å². The molecule has 0 saturated carbocycles. The van der Waals surface area contributed by atoms with Crippen LogP contribution < -0.4 is 0 Å². The van der Waals surface area contributed by atoms with Gasteiger partial charge in [0.15, 0.2) is 0 Å². The number of thiophene rings is 1. The molecule has 0 aliphatic carbocycles. The number of benzene rings is 5. The van der Waals surface area contributed by atoms with Crippen LogP contribution in [0.3, 0.4) is 0 Å². The number of hydrogen-bond acceptors (Lipinski definition) is 2. The van der Waals surface area contributed by atoms with Crippen LogP contribution in [0.4, 0.5) is 0 Å². The first-order valence-corrected chi connectivity index (χ1v) is 12.7. The molecule has 0 amide bonds. The van der Waals surface area contributed by atoms with Gasteiger partial charge < -0.3 is 8.82 Å². The summed E-state index contributed by atoms with van der Waals surface area (Å²) >= 11 is 1.88. The van der Waals surface area contributed by atoms with E-state index >= 15 is 0 Å². The molecule has 0 saturated heterocycles. The minimum Gasteiger partial charge on any atom is -0.456 e. The Kier molecular flexibility index (Phi) is 3.20. The molecule has 0 radical (unpaired) electrons. The lowest BCUT2D eigenvalue weighted by atomic mass is 9.97. The van der Waals surface area contributed by atoms with E-state index in [0.29, 0.717) is 0 Å². The lowest BCUT2D eigenvalue weighted by molar-refractivity contribution is 0.669. The Bertz CT molecular complexity index is 2330. The van der Waals surface area contributed by atoms with Crippen molar-refractivity contribution < 1.29 is 4.42 Å². The van der Waals surface area contributed by atoms with E-state index in [1.807, 2.05) is 17.4 Å². The molecule has 0 unspecified atom stereocenters. The molecule has 35 heavy (non-hydrogen) atoms. The summed E-state index contributed by atoms with van der Waals surface area (Å²) in [5.41, 5.74) is 4.34. The summed E-state index contributed by atoms with van der Waals surface area (Å²) in [6.45, 7) is 0. The van der Waals surface area contributed by atoms with Crippen LogP contribution in [0, 0.1) is 0 Å². The number of furan rings is 1. The number of fused-ring (bicyclic) bond motifs is 16. The van der Waals surface area contributed by atoms with Gasteiger partial charge in [0.2, 0.25) is 0 Å². The fraction of sp³-hybridized carbons (Fsp3) is 0. The molecule has 162 valence electrons. The third-order valence-corrected chi connectivity index (χ3v) is 8.69. The van der Waals surface area contributed by atoms with Crippen LogP contribution in [0.15, 0.2) is 108 Å². The molecular formula is C32H17NOS. The highest BCUT2D eigenvalue weighted by molar-refractivity contribution is 7.26. The van der Waals surface area contributed by atoms with Crippen molar-refractivity contribution in [2.75, 3.05) is 0 Å². The fourth-order valence-corrected chi connectivity index (χ4v) is 7.27. The van der Waals surface area contributed by atoms with E-state index in [2.05, 4.69) is 102 Å². The van der Waals surface area contributed by atoms with Crippen molar-refractivity contribution in [1.29, 1.82) is 0 Å². The van der Waals surface area contributed by atoms with Crippen molar-refractivity contribution in [1.82, 2.24) is 4.40 Å². The Balaban J connectivity index is 1.71. The van der Waals surface area contributed by atoms with Crippen LogP contribution in [-0.2, 0) is 0 Å². The molecule has 0 N–H and O–H groups in total. The second-order valence-corrected chi connectivity index (χ2v) is 10.4. The zero-order valence-corrected chi connectivity index (χ0v) is 19.4. The normalized spacial score (nSPS) is 12.6. The van der Waals surface area contributed by atoms with Crippen LogP contribution in [0.1, 0.15) is 0 Å². The van der Waals surface area contributed by atoms with Crippen molar-refractivity contribution >= 4 is 91.4 Å². The lowest BCUT2D eigenvalue weighted by Gasteiger charge is -2.12. The Morgan fingerprint density at radius 3 is 2.17 bits per heavy atom. The smallest absolute Gasteiger partial charge is 0.137 e. The third-order valence-electron chi connectivity index (χ3n) is 7.55. The average molecular weight is 464 g/mol. The SMILES string of the molecule is c1ccc2c(c1)cn1c2c2ccc3sc4ccccc4c3c2c2ccc3oc4ccccc4c3c21. The van der Waals surface area contributed by atoms with Gasteiger partial charge in [-0.3, -0.25) is 0 Å². The van der Waals surface area contributed by atoms with E-state index in [4.69, 9.17) is 4.42 Å². The molecule has 0 aliphatic rings. The third kappa shape index (κ3) is 2.15. The summed E-state index contributed by atoms with van der Waals surface area (Å²) in [7, 11) is 0. The molecule has 9 aromatic rings. The molecule has 4 aromatic heterocycles. The average Bonchev–Trinajstić information content (AvgIpc) is 3.59. The molecule has 2 nitrogen and oxygen atoms in total. The first kappa shape index (κ1) is 18.0. The van der Waals surface area contributed by atoms with Crippen molar-refractivity contribution in [3.05, 3.63) is 103 Å². The molecule has 3 heteroatoms. The summed E-state index contributed by atoms with van der Waals surface area (Å²) in [5, 5.41) is 11.5. The van der Waals surface area contributed by atoms with Gasteiger partial charge in [-0.2, -0.15) is 0 Å². The largest absolute Gasteiger partial charge is 0.456 e. The van der Waals surface area contributed by atoms with Crippen LogP contribution in [0.5, 0.6) is 0 Å². The second-order valence-electron chi connectivity index (χ2n) is 9.33. The maximum absolute atomic E-state index is 6.33. The molecule has 0 aliphatic heterocycles. The number of hydrogen-bond donors (Lipinski definition) is 0. The Morgan fingerprint density at radius 1 is 0.486 bits per heavy atom. The molecule has 0 fully saturated rings. The minimum absolute atomic E-state index is 0.930. The van der Waals surface area contributed by atoms with E-state index in [-0.39, 0.29) is 0 Å². The number of aromatic nitrogens is 1. The van der Waals surface area contributed by atoms with Crippen LogP contribution in [0.25, 0.3) is 80.1 Å². The van der Waals surface area contributed by atoms with Crippen LogP contribution >= 0.6 is 11.3 Å². The second kappa shape index (κ2) is 6.21. The van der Waals surface area contributed by atoms with Crippen molar-refractivity contribution in [2.24, 2.45) is 0 Å². The fourth-order valence-electron chi connectivity index (χ4n) is 6.15. The van der Waals surface area contributed by atoms with Gasteiger partial charge in [-0.15, -0.1) is 11.3 Å². The first-order valence-electron chi connectivity index (χ1n) is 11.9. The summed E-state index contributed by atoms with van der Waals surface area (Å²) < 4.78 is 11.4. The Hall–Kier alpha value is -4.34. The standard InChI is InChI=1S/C32H17NOS/c1-2-8-19-18(7-1)17-33-31(19)22-14-16-27-30(21-10-4-6-12-26(21)35-27)28(22)23-13-15-25-29(32(23)33)20-9-3-5-11-24(20)34-25/h1-17H. The van der Waals surface area contributed by atoms with E-state index in [9.17, 15) is 0 Å². The summed E-state index contributed by atoms with van der Waals surface area (Å²) in [5.74, 6) is 0. The van der Waals surface area contributed by atoms with Gasteiger partial charge in [0.05, 0.1) is 16.4 Å². The van der Waals surface area contributed by atoms with Gasteiger partial charge in [-0.1, -0.05) is 66.7 Å². The molecule has 5 aromatic carbocycles. The highest BCUT2D eigenvalue weighted by Crippen LogP contribution is 2.46. The molecule has 9 rings (SSSR count). The lowest BCUT2D eigenvalue weighted by Crippen LogP contribution is -1.91. The zero-order valence-electron chi connectivity index (χ0n) is 18.6. The van der Waals surface area contributed by atoms with Gasteiger partial charge in [0.25, 0.3) is 0 Å². The highest BCUT2D eigenvalue weighted by Gasteiger charge is 2.20. The van der Waals surface area contributed by atoms with E-state index < -0.39 is 0 Å². The van der Waals surface area contributed by atoms with E-state index in [1.165, 1.54) is 63.5 Å². The quantitative estimate of drug-likeness (QED) is 0.205. The van der Waals surface area contributed by atoms with Gasteiger partial charge in [-0.25, -0.2) is 0 Å². The summed E-state index contributed by atoms with van der Waals surface area (Å²) in [4.78, 5) is 0. The number of rotatable bonds is 0. The maximum atomic E-state index is 6.33. The predicted molar refractivity (Wildman–Crippen MR) is 150 cm³/mol. The summed E-state index contributed by atoms with van der Waals surface area (Å²) in [6, 6.07) is 35.0. The Morgan fingerprint density at radius 2 is 1.23 bits per heavy atom. The molecule has 4 heterocycles. The number of pyridine rings is 1. The van der Waals surface area contributed by atoms with Crippen molar-refractivity contribution in [3.63, 3.8) is 0 Å². The van der Waals surface area contributed by atoms with Crippen LogP contribution in [0.2, 0.25) is 0 Å². The number of nitrogens with zero attached hydrogens (tertiary/aromatic N) is 1.